The van der Waals surface area contributed by atoms with E-state index < -0.39 is 0 Å². The van der Waals surface area contributed by atoms with Gasteiger partial charge in [-0.2, -0.15) is 5.10 Å². The summed E-state index contributed by atoms with van der Waals surface area (Å²) in [7, 11) is 0. The second kappa shape index (κ2) is 8.05. The van der Waals surface area contributed by atoms with Crippen LogP contribution in [0.1, 0.15) is 5.56 Å². The van der Waals surface area contributed by atoms with Gasteiger partial charge in [0.25, 0.3) is 0 Å². The summed E-state index contributed by atoms with van der Waals surface area (Å²) in [4.78, 5) is 0. The molecule has 0 radical (unpaired) electrons. The molecule has 0 bridgehead atoms. The Morgan fingerprint density at radius 3 is 2.43 bits per heavy atom. The fraction of sp³-hybridized carbons (Fsp3) is 0.0556. The maximum atomic E-state index is 6.21. The van der Waals surface area contributed by atoms with Crippen LogP contribution in [0.2, 0.25) is 15.1 Å². The van der Waals surface area contributed by atoms with Gasteiger partial charge < -0.3 is 5.84 Å². The molecule has 28 heavy (non-hydrogen) atoms. The summed E-state index contributed by atoms with van der Waals surface area (Å²) in [5, 5.41) is 18.0. The van der Waals surface area contributed by atoms with E-state index in [1.54, 1.807) is 18.2 Å². The number of hydrogen-bond acceptors (Lipinski definition) is 5. The number of H-pyrrole nitrogens is 1. The van der Waals surface area contributed by atoms with Crippen molar-refractivity contribution in [3.8, 4) is 22.8 Å². The van der Waals surface area contributed by atoms with Gasteiger partial charge in [0.2, 0.25) is 11.0 Å². The second-order valence-corrected chi connectivity index (χ2v) is 8.03. The van der Waals surface area contributed by atoms with Crippen LogP contribution in [-0.4, -0.2) is 25.1 Å². The molecule has 3 N–H and O–H groups in total. The van der Waals surface area contributed by atoms with E-state index in [1.807, 2.05) is 30.3 Å². The van der Waals surface area contributed by atoms with Crippen LogP contribution in [0.15, 0.2) is 53.7 Å². The first kappa shape index (κ1) is 19.1. The predicted molar refractivity (Wildman–Crippen MR) is 114 cm³/mol. The van der Waals surface area contributed by atoms with Crippen LogP contribution in [0, 0.1) is 0 Å². The molecule has 2 aromatic heterocycles. The molecule has 2 aromatic carbocycles. The average molecular weight is 452 g/mol. The molecule has 0 spiro atoms. The van der Waals surface area contributed by atoms with Gasteiger partial charge in [-0.05, 0) is 35.9 Å². The van der Waals surface area contributed by atoms with Gasteiger partial charge in [-0.15, -0.1) is 10.2 Å². The molecule has 0 aliphatic rings. The monoisotopic (exact) mass is 450 g/mol. The quantitative estimate of drug-likeness (QED) is 0.317. The Balaban J connectivity index is 1.55. The van der Waals surface area contributed by atoms with Crippen LogP contribution in [-0.2, 0) is 5.75 Å². The van der Waals surface area contributed by atoms with E-state index in [9.17, 15) is 0 Å². The van der Waals surface area contributed by atoms with E-state index in [4.69, 9.17) is 40.6 Å². The Morgan fingerprint density at radius 2 is 1.71 bits per heavy atom. The van der Waals surface area contributed by atoms with Crippen molar-refractivity contribution < 1.29 is 0 Å². The fourth-order valence-electron chi connectivity index (χ4n) is 2.57. The number of benzene rings is 2. The summed E-state index contributed by atoms with van der Waals surface area (Å²) in [6.45, 7) is 0. The van der Waals surface area contributed by atoms with Gasteiger partial charge in [0, 0.05) is 26.4 Å². The first-order valence-electron chi connectivity index (χ1n) is 8.11. The van der Waals surface area contributed by atoms with E-state index in [1.165, 1.54) is 16.4 Å². The number of thioether (sulfide) groups is 1. The lowest BCUT2D eigenvalue weighted by atomic mass is 10.1. The van der Waals surface area contributed by atoms with Crippen molar-refractivity contribution in [1.29, 1.82) is 0 Å². The third kappa shape index (κ3) is 3.84. The number of halogens is 3. The van der Waals surface area contributed by atoms with Gasteiger partial charge in [-0.3, -0.25) is 5.10 Å². The summed E-state index contributed by atoms with van der Waals surface area (Å²) in [6, 6.07) is 14.7. The van der Waals surface area contributed by atoms with Crippen LogP contribution in [0.3, 0.4) is 0 Å². The van der Waals surface area contributed by atoms with Crippen molar-refractivity contribution >= 4 is 46.6 Å². The zero-order valence-corrected chi connectivity index (χ0v) is 17.3. The molecule has 0 unspecified atom stereocenters. The standard InChI is InChI=1S/C18H13Cl3N6S/c19-11-6-4-10(5-7-11)15-8-16(24-23-15)17-25-26-18(27(17)22)28-9-12-13(20)2-1-3-14(12)21/h1-8H,9,22H2,(H,23,24). The minimum absolute atomic E-state index is 0.473. The molecule has 0 fully saturated rings. The van der Waals surface area contributed by atoms with Crippen LogP contribution in [0.25, 0.3) is 22.8 Å². The number of aromatic nitrogens is 5. The third-order valence-corrected chi connectivity index (χ3v) is 5.96. The highest BCUT2D eigenvalue weighted by Crippen LogP contribution is 2.31. The van der Waals surface area contributed by atoms with Gasteiger partial charge in [0.15, 0.2) is 0 Å². The molecule has 0 saturated heterocycles. The summed E-state index contributed by atoms with van der Waals surface area (Å²) < 4.78 is 1.41. The van der Waals surface area contributed by atoms with E-state index in [2.05, 4.69) is 20.4 Å². The highest BCUT2D eigenvalue weighted by atomic mass is 35.5. The lowest BCUT2D eigenvalue weighted by Gasteiger charge is -2.06. The zero-order chi connectivity index (χ0) is 19.7. The molecule has 4 rings (SSSR count). The average Bonchev–Trinajstić information content (AvgIpc) is 3.29. The molecule has 4 aromatic rings. The van der Waals surface area contributed by atoms with Crippen LogP contribution in [0.4, 0.5) is 0 Å². The van der Waals surface area contributed by atoms with Crippen LogP contribution >= 0.6 is 46.6 Å². The van der Waals surface area contributed by atoms with Crippen molar-refractivity contribution in [1.82, 2.24) is 25.1 Å². The van der Waals surface area contributed by atoms with Crippen molar-refractivity contribution in [3.05, 3.63) is 69.2 Å². The largest absolute Gasteiger partial charge is 0.335 e. The maximum Gasteiger partial charge on any atom is 0.210 e. The van der Waals surface area contributed by atoms with Crippen molar-refractivity contribution in [3.63, 3.8) is 0 Å². The number of rotatable bonds is 5. The highest BCUT2D eigenvalue weighted by Gasteiger charge is 2.16. The van der Waals surface area contributed by atoms with Crippen molar-refractivity contribution in [2.45, 2.75) is 10.9 Å². The van der Waals surface area contributed by atoms with E-state index >= 15 is 0 Å². The van der Waals surface area contributed by atoms with Crippen molar-refractivity contribution in [2.75, 3.05) is 5.84 Å². The molecular weight excluding hydrogens is 439 g/mol. The SMILES string of the molecule is Nn1c(SCc2c(Cl)cccc2Cl)nnc1-c1cc(-c2ccc(Cl)cc2)n[nH]1. The van der Waals surface area contributed by atoms with Crippen molar-refractivity contribution in [2.24, 2.45) is 0 Å². The van der Waals surface area contributed by atoms with Crippen LogP contribution < -0.4 is 5.84 Å². The minimum atomic E-state index is 0.473. The molecule has 6 nitrogen and oxygen atoms in total. The Morgan fingerprint density at radius 1 is 1.00 bits per heavy atom. The Kier molecular flexibility index (Phi) is 5.50. The van der Waals surface area contributed by atoms with Gasteiger partial charge >= 0.3 is 0 Å². The molecule has 0 aliphatic heterocycles. The molecule has 2 heterocycles. The molecule has 0 atom stereocenters. The number of nitrogens with one attached hydrogen (secondary N) is 1. The molecule has 0 amide bonds. The summed E-state index contributed by atoms with van der Waals surface area (Å²) in [5.74, 6) is 7.18. The Labute approximate surface area is 180 Å². The molecule has 0 saturated carbocycles. The Bertz CT molecular complexity index is 1100. The number of nitrogen functional groups attached to an aromatic ring is 1. The van der Waals surface area contributed by atoms with Gasteiger partial charge in [-0.25, -0.2) is 4.68 Å². The number of aromatic amines is 1. The third-order valence-electron chi connectivity index (χ3n) is 4.03. The van der Waals surface area contributed by atoms with E-state index in [-0.39, 0.29) is 0 Å². The topological polar surface area (TPSA) is 85.4 Å². The fourth-order valence-corrected chi connectivity index (χ4v) is 4.29. The van der Waals surface area contributed by atoms with Gasteiger partial charge in [-0.1, -0.05) is 64.8 Å². The molecular formula is C18H13Cl3N6S. The molecule has 10 heteroatoms. The normalized spacial score (nSPS) is 11.1. The van der Waals surface area contributed by atoms with E-state index in [0.29, 0.717) is 37.5 Å². The maximum absolute atomic E-state index is 6.21. The smallest absolute Gasteiger partial charge is 0.210 e. The first-order chi connectivity index (χ1) is 13.5. The van der Waals surface area contributed by atoms with Gasteiger partial charge in [0.05, 0.1) is 5.69 Å². The first-order valence-corrected chi connectivity index (χ1v) is 10.2. The zero-order valence-electron chi connectivity index (χ0n) is 14.2. The second-order valence-electron chi connectivity index (χ2n) is 5.84. The number of nitrogens with two attached hydrogens (primary N) is 1. The lowest BCUT2D eigenvalue weighted by molar-refractivity contribution is 0.847. The lowest BCUT2D eigenvalue weighted by Crippen LogP contribution is -2.11. The summed E-state index contributed by atoms with van der Waals surface area (Å²) in [6.07, 6.45) is 0. The predicted octanol–water partition coefficient (Wildman–Crippen LogP) is 5.30. The van der Waals surface area contributed by atoms with E-state index in [0.717, 1.165) is 16.8 Å². The summed E-state index contributed by atoms with van der Waals surface area (Å²) in [5.41, 5.74) is 3.17. The number of hydrogen-bond donors (Lipinski definition) is 2. The Hall–Kier alpha value is -2.19. The summed E-state index contributed by atoms with van der Waals surface area (Å²) >= 11 is 19.8. The van der Waals surface area contributed by atoms with Crippen LogP contribution in [0.5, 0.6) is 0 Å². The molecule has 0 aliphatic carbocycles. The van der Waals surface area contributed by atoms with Gasteiger partial charge in [0.1, 0.15) is 5.69 Å². The number of nitrogens with zero attached hydrogens (tertiary/aromatic N) is 4. The molecule has 142 valence electrons. The minimum Gasteiger partial charge on any atom is -0.335 e. The highest BCUT2D eigenvalue weighted by molar-refractivity contribution is 7.98.